The molecule has 54 valence electrons. The summed E-state index contributed by atoms with van der Waals surface area (Å²) in [6, 6.07) is 0. The summed E-state index contributed by atoms with van der Waals surface area (Å²) < 4.78 is 0. The predicted molar refractivity (Wildman–Crippen MR) is 43.5 cm³/mol. The van der Waals surface area contributed by atoms with Crippen LogP contribution in [-0.4, -0.2) is 0 Å². The van der Waals surface area contributed by atoms with E-state index in [1.165, 1.54) is 25.7 Å². The molecule has 0 amide bonds. The minimum Gasteiger partial charge on any atom is -0.103 e. The van der Waals surface area contributed by atoms with Gasteiger partial charge in [-0.25, -0.2) is 0 Å². The highest BCUT2D eigenvalue weighted by molar-refractivity contribution is 4.60. The molecule has 0 atom stereocenters. The Kier molecular flexibility index (Phi) is 5.70. The average molecular weight is 126 g/mol. The first-order chi connectivity index (χ1) is 4.31. The van der Waals surface area contributed by atoms with Crippen molar-refractivity contribution in [2.24, 2.45) is 5.92 Å². The van der Waals surface area contributed by atoms with Gasteiger partial charge in [-0.2, -0.15) is 0 Å². The third kappa shape index (κ3) is 5.61. The SMILES string of the molecule is C=CC.CC1CCCC1. The quantitative estimate of drug-likeness (QED) is 0.436. The van der Waals surface area contributed by atoms with Gasteiger partial charge < -0.3 is 0 Å². The van der Waals surface area contributed by atoms with Crippen LogP contribution in [-0.2, 0) is 0 Å². The molecule has 0 unspecified atom stereocenters. The van der Waals surface area contributed by atoms with Crippen molar-refractivity contribution in [1.82, 2.24) is 0 Å². The lowest BCUT2D eigenvalue weighted by Gasteiger charge is -1.91. The summed E-state index contributed by atoms with van der Waals surface area (Å²) in [5.74, 6) is 1.05. The molecule has 0 saturated heterocycles. The summed E-state index contributed by atoms with van der Waals surface area (Å²) in [6.07, 6.45) is 7.70. The molecule has 0 aromatic heterocycles. The molecular weight excluding hydrogens is 108 g/mol. The van der Waals surface area contributed by atoms with Crippen LogP contribution in [0.5, 0.6) is 0 Å². The highest BCUT2D eigenvalue weighted by atomic mass is 14.1. The summed E-state index contributed by atoms with van der Waals surface area (Å²) in [7, 11) is 0. The molecule has 0 heteroatoms. The first-order valence-electron chi connectivity index (χ1n) is 3.88. The Balaban J connectivity index is 0.000000187. The Morgan fingerprint density at radius 2 is 1.67 bits per heavy atom. The van der Waals surface area contributed by atoms with Crippen molar-refractivity contribution in [2.75, 3.05) is 0 Å². The standard InChI is InChI=1S/C6H12.C3H6/c1-6-4-2-3-5-6;1-3-2/h6H,2-5H2,1H3;3H,1H2,2H3. The number of rotatable bonds is 0. The maximum absolute atomic E-state index is 3.36. The van der Waals surface area contributed by atoms with Crippen molar-refractivity contribution >= 4 is 0 Å². The third-order valence-corrected chi connectivity index (χ3v) is 1.64. The lowest BCUT2D eigenvalue weighted by Crippen LogP contribution is -1.78. The topological polar surface area (TPSA) is 0 Å². The number of hydrogen-bond acceptors (Lipinski definition) is 0. The fourth-order valence-electron chi connectivity index (χ4n) is 1.13. The van der Waals surface area contributed by atoms with Gasteiger partial charge in [0, 0.05) is 0 Å². The second-order valence-corrected chi connectivity index (χ2v) is 2.80. The van der Waals surface area contributed by atoms with E-state index in [2.05, 4.69) is 13.5 Å². The van der Waals surface area contributed by atoms with E-state index in [9.17, 15) is 0 Å². The van der Waals surface area contributed by atoms with Crippen molar-refractivity contribution < 1.29 is 0 Å². The van der Waals surface area contributed by atoms with E-state index in [-0.39, 0.29) is 0 Å². The van der Waals surface area contributed by atoms with Crippen LogP contribution in [0, 0.1) is 5.92 Å². The molecule has 1 saturated carbocycles. The molecular formula is C9H18. The van der Waals surface area contributed by atoms with Gasteiger partial charge in [-0.3, -0.25) is 0 Å². The fraction of sp³-hybridized carbons (Fsp3) is 0.778. The summed E-state index contributed by atoms with van der Waals surface area (Å²) >= 11 is 0. The molecule has 0 aromatic rings. The van der Waals surface area contributed by atoms with E-state index in [4.69, 9.17) is 0 Å². The van der Waals surface area contributed by atoms with E-state index in [0.29, 0.717) is 0 Å². The number of hydrogen-bond donors (Lipinski definition) is 0. The Bertz CT molecular complexity index is 58.4. The van der Waals surface area contributed by atoms with Gasteiger partial charge in [0.05, 0.1) is 0 Å². The molecule has 9 heavy (non-hydrogen) atoms. The van der Waals surface area contributed by atoms with Gasteiger partial charge in [-0.1, -0.05) is 38.7 Å². The molecule has 0 aromatic carbocycles. The second kappa shape index (κ2) is 5.87. The van der Waals surface area contributed by atoms with Crippen molar-refractivity contribution in [2.45, 2.75) is 39.5 Å². The Labute approximate surface area is 59.0 Å². The van der Waals surface area contributed by atoms with Crippen LogP contribution in [0.1, 0.15) is 39.5 Å². The summed E-state index contributed by atoms with van der Waals surface area (Å²) in [5, 5.41) is 0. The molecule has 0 aliphatic heterocycles. The molecule has 0 bridgehead atoms. The predicted octanol–water partition coefficient (Wildman–Crippen LogP) is 3.39. The molecule has 0 heterocycles. The van der Waals surface area contributed by atoms with Gasteiger partial charge >= 0.3 is 0 Å². The van der Waals surface area contributed by atoms with E-state index < -0.39 is 0 Å². The van der Waals surface area contributed by atoms with Gasteiger partial charge in [-0.05, 0) is 12.8 Å². The fourth-order valence-corrected chi connectivity index (χ4v) is 1.13. The normalized spacial score (nSPS) is 18.4. The van der Waals surface area contributed by atoms with Crippen LogP contribution >= 0.6 is 0 Å². The molecule has 1 aliphatic rings. The Hall–Kier alpha value is -0.260. The molecule has 0 spiro atoms. The van der Waals surface area contributed by atoms with E-state index in [1.54, 1.807) is 6.08 Å². The highest BCUT2D eigenvalue weighted by Crippen LogP contribution is 2.22. The van der Waals surface area contributed by atoms with Crippen LogP contribution in [0.15, 0.2) is 12.7 Å². The number of allylic oxidation sites excluding steroid dienone is 1. The summed E-state index contributed by atoms with van der Waals surface area (Å²) in [4.78, 5) is 0. The second-order valence-electron chi connectivity index (χ2n) is 2.80. The summed E-state index contributed by atoms with van der Waals surface area (Å²) in [5.41, 5.74) is 0. The van der Waals surface area contributed by atoms with Crippen LogP contribution in [0.4, 0.5) is 0 Å². The minimum atomic E-state index is 1.05. The van der Waals surface area contributed by atoms with Crippen molar-refractivity contribution in [3.63, 3.8) is 0 Å². The summed E-state index contributed by atoms with van der Waals surface area (Å²) in [6.45, 7) is 7.59. The molecule has 0 N–H and O–H groups in total. The largest absolute Gasteiger partial charge is 0.103 e. The van der Waals surface area contributed by atoms with E-state index in [1.807, 2.05) is 6.92 Å². The zero-order valence-electron chi connectivity index (χ0n) is 6.69. The van der Waals surface area contributed by atoms with Crippen LogP contribution in [0.25, 0.3) is 0 Å². The highest BCUT2D eigenvalue weighted by Gasteiger charge is 2.07. The van der Waals surface area contributed by atoms with E-state index >= 15 is 0 Å². The zero-order chi connectivity index (χ0) is 7.11. The van der Waals surface area contributed by atoms with Crippen molar-refractivity contribution in [3.05, 3.63) is 12.7 Å². The Morgan fingerprint density at radius 3 is 1.78 bits per heavy atom. The monoisotopic (exact) mass is 126 g/mol. The van der Waals surface area contributed by atoms with Gasteiger partial charge in [0.25, 0.3) is 0 Å². The van der Waals surface area contributed by atoms with Gasteiger partial charge in [0.2, 0.25) is 0 Å². The molecule has 1 aliphatic carbocycles. The molecule has 0 radical (unpaired) electrons. The van der Waals surface area contributed by atoms with E-state index in [0.717, 1.165) is 5.92 Å². The first-order valence-corrected chi connectivity index (χ1v) is 3.88. The maximum atomic E-state index is 3.36. The molecule has 1 rings (SSSR count). The van der Waals surface area contributed by atoms with Crippen LogP contribution in [0.3, 0.4) is 0 Å². The zero-order valence-corrected chi connectivity index (χ0v) is 6.69. The minimum absolute atomic E-state index is 1.05. The smallest absolute Gasteiger partial charge is 0.0443 e. The van der Waals surface area contributed by atoms with Crippen molar-refractivity contribution in [1.29, 1.82) is 0 Å². The van der Waals surface area contributed by atoms with Gasteiger partial charge in [-0.15, -0.1) is 6.58 Å². The maximum Gasteiger partial charge on any atom is -0.0443 e. The molecule has 1 fully saturated rings. The first kappa shape index (κ1) is 8.74. The average Bonchev–Trinajstić information content (AvgIpc) is 2.20. The van der Waals surface area contributed by atoms with Crippen LogP contribution < -0.4 is 0 Å². The van der Waals surface area contributed by atoms with Gasteiger partial charge in [0.1, 0.15) is 0 Å². The third-order valence-electron chi connectivity index (χ3n) is 1.64. The van der Waals surface area contributed by atoms with Crippen molar-refractivity contribution in [3.8, 4) is 0 Å². The lowest BCUT2D eigenvalue weighted by molar-refractivity contribution is 0.612. The van der Waals surface area contributed by atoms with Gasteiger partial charge in [0.15, 0.2) is 0 Å². The Morgan fingerprint density at radius 1 is 1.33 bits per heavy atom. The van der Waals surface area contributed by atoms with Crippen LogP contribution in [0.2, 0.25) is 0 Å². The molecule has 0 nitrogen and oxygen atoms in total. The lowest BCUT2D eigenvalue weighted by atomic mass is 10.2.